The molecule has 4 heterocycles. The topological polar surface area (TPSA) is 152 Å². The van der Waals surface area contributed by atoms with Gasteiger partial charge in [0.2, 0.25) is 11.8 Å². The Labute approximate surface area is 306 Å². The lowest BCUT2D eigenvalue weighted by atomic mass is 9.95. The minimum Gasteiger partial charge on any atom is -0.497 e. The van der Waals surface area contributed by atoms with Gasteiger partial charge in [0.25, 0.3) is 0 Å². The van der Waals surface area contributed by atoms with Crippen LogP contribution in [0.15, 0.2) is 104 Å². The van der Waals surface area contributed by atoms with Crippen LogP contribution in [0.4, 0.5) is 11.4 Å². The Kier molecular flexibility index (Phi) is 10.4. The van der Waals surface area contributed by atoms with Gasteiger partial charge in [0.05, 0.1) is 38.4 Å². The largest absolute Gasteiger partial charge is 0.497 e. The lowest BCUT2D eigenvalue weighted by Gasteiger charge is -2.25. The van der Waals surface area contributed by atoms with Crippen LogP contribution in [0.3, 0.4) is 0 Å². The fourth-order valence-electron chi connectivity index (χ4n) is 6.44. The molecule has 2 aliphatic rings. The summed E-state index contributed by atoms with van der Waals surface area (Å²) >= 11 is 0. The van der Waals surface area contributed by atoms with Crippen LogP contribution < -0.4 is 29.6 Å². The van der Waals surface area contributed by atoms with Crippen LogP contribution in [-0.2, 0) is 22.4 Å². The molecule has 270 valence electrons. The molecule has 4 aromatic carbocycles. The Bertz CT molecular complexity index is 2180. The highest BCUT2D eigenvalue weighted by Crippen LogP contribution is 2.33. The molecule has 2 atom stereocenters. The number of aryl methyl sites for hydroxylation is 1. The maximum atomic E-state index is 12.7. The summed E-state index contributed by atoms with van der Waals surface area (Å²) < 4.78 is 22.0. The van der Waals surface area contributed by atoms with Crippen LogP contribution in [0.1, 0.15) is 16.7 Å². The number of nitrogens with one attached hydrogen (secondary N) is 4. The van der Waals surface area contributed by atoms with Crippen molar-refractivity contribution in [2.24, 2.45) is 11.8 Å². The second-order valence-electron chi connectivity index (χ2n) is 12.9. The molecule has 2 amide bonds. The van der Waals surface area contributed by atoms with E-state index in [9.17, 15) is 9.59 Å². The predicted octanol–water partition coefficient (Wildman–Crippen LogP) is 6.86. The van der Waals surface area contributed by atoms with Gasteiger partial charge in [0, 0.05) is 34.9 Å². The molecule has 2 aromatic heterocycles. The number of ether oxygens (including phenoxy) is 4. The number of methoxy groups -OCH3 is 2. The third-order valence-electron chi connectivity index (χ3n) is 9.38. The van der Waals surface area contributed by atoms with E-state index in [-0.39, 0.29) is 23.7 Å². The number of aromatic amines is 2. The van der Waals surface area contributed by atoms with Gasteiger partial charge in [-0.15, -0.1) is 0 Å². The molecule has 0 bridgehead atoms. The monoisotopic (exact) mass is 712 g/mol. The smallest absolute Gasteiger partial charge is 0.231 e. The number of aromatic nitrogens is 4. The van der Waals surface area contributed by atoms with Gasteiger partial charge in [-0.1, -0.05) is 18.2 Å². The van der Waals surface area contributed by atoms with Crippen LogP contribution in [0.2, 0.25) is 0 Å². The molecule has 0 fully saturated rings. The minimum atomic E-state index is -0.238. The number of H-pyrrole nitrogens is 2. The molecule has 53 heavy (non-hydrogen) atoms. The molecular formula is C41H40N6O6. The summed E-state index contributed by atoms with van der Waals surface area (Å²) in [5.74, 6) is 2.61. The van der Waals surface area contributed by atoms with Crippen molar-refractivity contribution in [3.63, 3.8) is 0 Å². The van der Waals surface area contributed by atoms with Crippen molar-refractivity contribution in [3.05, 3.63) is 120 Å². The van der Waals surface area contributed by atoms with Gasteiger partial charge in [-0.25, -0.2) is 0 Å². The first-order chi connectivity index (χ1) is 25.9. The van der Waals surface area contributed by atoms with Crippen molar-refractivity contribution < 1.29 is 28.5 Å². The number of fused-ring (bicyclic) bond motifs is 2. The zero-order chi connectivity index (χ0) is 36.7. The van der Waals surface area contributed by atoms with Crippen LogP contribution in [0.5, 0.6) is 23.0 Å². The van der Waals surface area contributed by atoms with E-state index < -0.39 is 0 Å². The lowest BCUT2D eigenvalue weighted by molar-refractivity contribution is -0.121. The van der Waals surface area contributed by atoms with Crippen LogP contribution in [0, 0.1) is 18.8 Å². The number of rotatable bonds is 8. The van der Waals surface area contributed by atoms with E-state index in [1.54, 1.807) is 26.6 Å². The molecule has 6 aromatic rings. The normalized spacial score (nSPS) is 15.6. The van der Waals surface area contributed by atoms with Gasteiger partial charge in [-0.3, -0.25) is 19.8 Å². The number of carbonyl (C=O) groups excluding carboxylic acids is 2. The number of benzene rings is 4. The second-order valence-corrected chi connectivity index (χ2v) is 12.9. The number of hydrogen-bond donors (Lipinski definition) is 4. The molecule has 2 aliphatic heterocycles. The predicted molar refractivity (Wildman–Crippen MR) is 201 cm³/mol. The highest BCUT2D eigenvalue weighted by atomic mass is 16.5. The van der Waals surface area contributed by atoms with Crippen molar-refractivity contribution >= 4 is 23.2 Å². The number of amides is 2. The van der Waals surface area contributed by atoms with Gasteiger partial charge >= 0.3 is 0 Å². The molecule has 0 radical (unpaired) electrons. The first kappa shape index (κ1) is 34.9. The zero-order valence-corrected chi connectivity index (χ0v) is 29.6. The summed E-state index contributed by atoms with van der Waals surface area (Å²) in [7, 11) is 3.26. The second kappa shape index (κ2) is 15.8. The Morgan fingerprint density at radius 3 is 1.70 bits per heavy atom. The van der Waals surface area contributed by atoms with Gasteiger partial charge in [-0.05, 0) is 108 Å². The summed E-state index contributed by atoms with van der Waals surface area (Å²) in [6, 6.07) is 24.9. The molecule has 4 N–H and O–H groups in total. The van der Waals surface area contributed by atoms with Crippen molar-refractivity contribution in [1.82, 2.24) is 20.4 Å². The van der Waals surface area contributed by atoms with E-state index in [2.05, 4.69) is 31.0 Å². The van der Waals surface area contributed by atoms with Crippen molar-refractivity contribution in [1.29, 1.82) is 0 Å². The van der Waals surface area contributed by atoms with Crippen LogP contribution in [-0.4, -0.2) is 59.6 Å². The van der Waals surface area contributed by atoms with E-state index in [4.69, 9.17) is 18.9 Å². The molecule has 8 rings (SSSR count). The van der Waals surface area contributed by atoms with Crippen LogP contribution in [0.25, 0.3) is 22.3 Å². The lowest BCUT2D eigenvalue weighted by Crippen LogP contribution is -2.32. The minimum absolute atomic E-state index is 0.0427. The summed E-state index contributed by atoms with van der Waals surface area (Å²) in [6.45, 7) is 2.76. The number of carbonyl (C=O) groups is 2. The maximum absolute atomic E-state index is 12.7. The molecule has 2 unspecified atom stereocenters. The maximum Gasteiger partial charge on any atom is 0.231 e. The average Bonchev–Trinajstić information content (AvgIpc) is 3.94. The van der Waals surface area contributed by atoms with E-state index in [1.165, 1.54) is 0 Å². The van der Waals surface area contributed by atoms with E-state index >= 15 is 0 Å². The highest BCUT2D eigenvalue weighted by Gasteiger charge is 2.28. The molecule has 0 saturated carbocycles. The summed E-state index contributed by atoms with van der Waals surface area (Å²) in [4.78, 5) is 25.3. The molecule has 12 nitrogen and oxygen atoms in total. The van der Waals surface area contributed by atoms with Crippen molar-refractivity contribution in [3.8, 4) is 45.3 Å². The number of anilines is 2. The number of nitrogens with zero attached hydrogens (tertiary/aromatic N) is 2. The third-order valence-corrected chi connectivity index (χ3v) is 9.38. The van der Waals surface area contributed by atoms with Gasteiger partial charge in [0.15, 0.2) is 0 Å². The standard InChI is InChI=1S/C21H21N3O3.C20H19N3O3/c1-13-7-17(3-5-19(13)16-10-22-23-11-16)24-21(25)15-8-14-9-18(26-2)4-6-20(14)27-12-15;1-25-18-6-7-19-14(9-18)8-15(12-26-19)20(24)23-17-4-2-13(3-5-17)16-10-21-22-11-16/h3-7,9-11,15H,8,12H2,1-2H3,(H,22,23)(H,24,25);2-7,9-11,15H,8,12H2,1H3,(H,21,22)(H,23,24). The van der Waals surface area contributed by atoms with E-state index in [0.717, 1.165) is 73.3 Å². The van der Waals surface area contributed by atoms with Gasteiger partial charge in [0.1, 0.15) is 36.2 Å². The Hall–Kier alpha value is -6.56. The van der Waals surface area contributed by atoms with Gasteiger partial charge in [-0.2, -0.15) is 10.2 Å². The average molecular weight is 713 g/mol. The highest BCUT2D eigenvalue weighted by molar-refractivity contribution is 5.94. The van der Waals surface area contributed by atoms with Crippen molar-refractivity contribution in [2.45, 2.75) is 19.8 Å². The van der Waals surface area contributed by atoms with E-state index in [0.29, 0.717) is 26.1 Å². The summed E-state index contributed by atoms with van der Waals surface area (Å²) in [5.41, 5.74) is 8.76. The van der Waals surface area contributed by atoms with Crippen molar-refractivity contribution in [2.75, 3.05) is 38.1 Å². The van der Waals surface area contributed by atoms with Gasteiger partial charge < -0.3 is 29.6 Å². The summed E-state index contributed by atoms with van der Waals surface area (Å²) in [5, 5.41) is 19.5. The number of hydrogen-bond acceptors (Lipinski definition) is 8. The SMILES string of the molecule is COc1ccc2c(c1)CC(C(=O)Nc1ccc(-c3cn[nH]c3)c(C)c1)CO2.COc1ccc2c(c1)CC(C(=O)Nc1ccc(-c3cn[nH]c3)cc1)CO2. The molecule has 0 saturated heterocycles. The molecule has 12 heteroatoms. The molecule has 0 aliphatic carbocycles. The zero-order valence-electron chi connectivity index (χ0n) is 29.6. The van der Waals surface area contributed by atoms with E-state index in [1.807, 2.05) is 98.2 Å². The molecular weight excluding hydrogens is 672 g/mol. The third kappa shape index (κ3) is 8.17. The van der Waals surface area contributed by atoms with Crippen LogP contribution >= 0.6 is 0 Å². The first-order valence-electron chi connectivity index (χ1n) is 17.3. The quantitative estimate of drug-likeness (QED) is 0.134. The fraction of sp³-hybridized carbons (Fsp3) is 0.220. The summed E-state index contributed by atoms with van der Waals surface area (Å²) in [6.07, 6.45) is 8.49. The Balaban J connectivity index is 0.000000164. The Morgan fingerprint density at radius 2 is 1.19 bits per heavy atom. The molecule has 0 spiro atoms. The first-order valence-corrected chi connectivity index (χ1v) is 17.3. The fourth-order valence-corrected chi connectivity index (χ4v) is 6.44. The Morgan fingerprint density at radius 1 is 0.660 bits per heavy atom.